The summed E-state index contributed by atoms with van der Waals surface area (Å²) >= 11 is 0. The average molecular weight is 419 g/mol. The van der Waals surface area contributed by atoms with Gasteiger partial charge in [-0.15, -0.1) is 0 Å². The van der Waals surface area contributed by atoms with Gasteiger partial charge in [-0.05, 0) is 31.0 Å². The average Bonchev–Trinajstić information content (AvgIpc) is 3.01. The summed E-state index contributed by atoms with van der Waals surface area (Å²) in [4.78, 5) is 24.5. The van der Waals surface area contributed by atoms with Crippen LogP contribution < -0.4 is 5.32 Å². The lowest BCUT2D eigenvalue weighted by molar-refractivity contribution is -0.125. The third-order valence-corrected chi connectivity index (χ3v) is 6.62. The lowest BCUT2D eigenvalue weighted by Gasteiger charge is -2.16. The topological polar surface area (TPSA) is 103 Å². The summed E-state index contributed by atoms with van der Waals surface area (Å²) < 4.78 is 35.2. The lowest BCUT2D eigenvalue weighted by atomic mass is 10.1. The van der Waals surface area contributed by atoms with Crippen LogP contribution in [0.15, 0.2) is 52.0 Å². The predicted molar refractivity (Wildman–Crippen MR) is 106 cm³/mol. The van der Waals surface area contributed by atoms with Crippen LogP contribution >= 0.6 is 0 Å². The van der Waals surface area contributed by atoms with E-state index < -0.39 is 28.2 Å². The van der Waals surface area contributed by atoms with E-state index in [1.54, 1.807) is 18.2 Å². The molecule has 1 N–H and O–H groups in total. The fourth-order valence-corrected chi connectivity index (χ4v) is 4.81. The molecule has 7 nitrogen and oxygen atoms in total. The molecule has 1 aromatic carbocycles. The molecule has 1 aromatic heterocycles. The third-order valence-electron chi connectivity index (χ3n) is 4.93. The molecule has 1 aliphatic carbocycles. The largest absolute Gasteiger partial charge is 0.457 e. The molecule has 0 aliphatic heterocycles. The second-order valence-electron chi connectivity index (χ2n) is 7.18. The maximum Gasteiger partial charge on any atom is 0.375 e. The Bertz CT molecular complexity index is 927. The summed E-state index contributed by atoms with van der Waals surface area (Å²) in [5.74, 6) is -1.82. The highest BCUT2D eigenvalue weighted by molar-refractivity contribution is 7.90. The second-order valence-corrected chi connectivity index (χ2v) is 9.17. The highest BCUT2D eigenvalue weighted by Gasteiger charge is 2.24. The predicted octanol–water partition coefficient (Wildman–Crippen LogP) is 3.25. The quantitative estimate of drug-likeness (QED) is 0.546. The number of benzene rings is 1. The summed E-state index contributed by atoms with van der Waals surface area (Å²) in [5, 5.41) is 2.89. The Kier molecular flexibility index (Phi) is 7.09. The molecule has 0 spiro atoms. The van der Waals surface area contributed by atoms with Gasteiger partial charge in [-0.25, -0.2) is 13.2 Å². The maximum absolute atomic E-state index is 12.5. The summed E-state index contributed by atoms with van der Waals surface area (Å²) in [6.07, 6.45) is 7.60. The van der Waals surface area contributed by atoms with Gasteiger partial charge in [0.15, 0.2) is 16.4 Å². The van der Waals surface area contributed by atoms with Gasteiger partial charge in [-0.1, -0.05) is 43.9 Å². The molecule has 8 heteroatoms. The number of carbonyl (C=O) groups is 2. The molecule has 0 atom stereocenters. The first-order chi connectivity index (χ1) is 14.0. The summed E-state index contributed by atoms with van der Waals surface area (Å²) in [6.45, 7) is -0.430. The molecule has 0 unspecified atom stereocenters. The maximum atomic E-state index is 12.5. The van der Waals surface area contributed by atoms with Gasteiger partial charge in [0.2, 0.25) is 5.76 Å². The van der Waals surface area contributed by atoms with Crippen molar-refractivity contribution < 1.29 is 27.2 Å². The Morgan fingerprint density at radius 2 is 1.72 bits per heavy atom. The van der Waals surface area contributed by atoms with Crippen molar-refractivity contribution in [3.8, 4) is 0 Å². The number of nitrogens with one attached hydrogen (secondary N) is 1. The van der Waals surface area contributed by atoms with Gasteiger partial charge in [0.1, 0.15) is 0 Å². The van der Waals surface area contributed by atoms with Crippen LogP contribution in [0, 0.1) is 0 Å². The van der Waals surface area contributed by atoms with Crippen LogP contribution in [-0.4, -0.2) is 32.9 Å². The van der Waals surface area contributed by atoms with Gasteiger partial charge in [0.25, 0.3) is 5.91 Å². The van der Waals surface area contributed by atoms with Gasteiger partial charge in [0.05, 0.1) is 16.9 Å². The zero-order chi connectivity index (χ0) is 20.7. The van der Waals surface area contributed by atoms with Crippen molar-refractivity contribution in [1.82, 2.24) is 5.32 Å². The minimum atomic E-state index is -3.64. The van der Waals surface area contributed by atoms with E-state index in [-0.39, 0.29) is 28.2 Å². The number of sulfone groups is 1. The second kappa shape index (κ2) is 9.73. The Morgan fingerprint density at radius 3 is 2.41 bits per heavy atom. The Hall–Kier alpha value is -2.61. The Morgan fingerprint density at radius 1 is 1.03 bits per heavy atom. The van der Waals surface area contributed by atoms with Crippen molar-refractivity contribution in [2.45, 2.75) is 55.2 Å². The molecular weight excluding hydrogens is 394 g/mol. The monoisotopic (exact) mass is 419 g/mol. The first kappa shape index (κ1) is 21.1. The Labute approximate surface area is 170 Å². The SMILES string of the molecule is O=C(COC(=O)c1occc1CS(=O)(=O)c1ccccc1)NC1CCCCCC1. The van der Waals surface area contributed by atoms with Gasteiger partial charge >= 0.3 is 5.97 Å². The van der Waals surface area contributed by atoms with Crippen LogP contribution in [0.25, 0.3) is 0 Å². The number of furan rings is 1. The standard InChI is InChI=1S/C21H25NO6S/c23-19(22-17-8-4-1-2-5-9-17)14-28-21(24)20-16(12-13-27-20)15-29(25,26)18-10-6-3-7-11-18/h3,6-7,10-13,17H,1-2,4-5,8-9,14-15H2,(H,22,23). The minimum absolute atomic E-state index is 0.110. The van der Waals surface area contributed by atoms with Crippen molar-refractivity contribution in [3.05, 3.63) is 54.0 Å². The van der Waals surface area contributed by atoms with Gasteiger partial charge in [-0.2, -0.15) is 0 Å². The first-order valence-corrected chi connectivity index (χ1v) is 11.4. The van der Waals surface area contributed by atoms with Gasteiger partial charge < -0.3 is 14.5 Å². The van der Waals surface area contributed by atoms with Crippen molar-refractivity contribution in [2.24, 2.45) is 0 Å². The van der Waals surface area contributed by atoms with Crippen LogP contribution in [-0.2, 0) is 25.1 Å². The molecule has 29 heavy (non-hydrogen) atoms. The molecule has 1 saturated carbocycles. The van der Waals surface area contributed by atoms with Crippen LogP contribution in [0.2, 0.25) is 0 Å². The molecule has 3 rings (SSSR count). The Balaban J connectivity index is 1.57. The first-order valence-electron chi connectivity index (χ1n) is 9.76. The molecule has 1 fully saturated rings. The summed E-state index contributed by atoms with van der Waals surface area (Å²) in [6, 6.07) is 9.49. The molecule has 1 aliphatic rings. The fourth-order valence-electron chi connectivity index (χ4n) is 3.43. The zero-order valence-corrected chi connectivity index (χ0v) is 16.9. The number of hydrogen-bond acceptors (Lipinski definition) is 6. The van der Waals surface area contributed by atoms with Crippen LogP contribution in [0.4, 0.5) is 0 Å². The van der Waals surface area contributed by atoms with E-state index in [9.17, 15) is 18.0 Å². The molecule has 2 aromatic rings. The highest BCUT2D eigenvalue weighted by atomic mass is 32.2. The summed E-state index contributed by atoms with van der Waals surface area (Å²) in [5.41, 5.74) is 0.197. The number of hydrogen-bond donors (Lipinski definition) is 1. The molecular formula is C21H25NO6S. The van der Waals surface area contributed by atoms with E-state index >= 15 is 0 Å². The van der Waals surface area contributed by atoms with E-state index in [0.29, 0.717) is 0 Å². The van der Waals surface area contributed by atoms with E-state index in [0.717, 1.165) is 25.7 Å². The van der Waals surface area contributed by atoms with Crippen LogP contribution in [0.1, 0.15) is 54.6 Å². The lowest BCUT2D eigenvalue weighted by Crippen LogP contribution is -2.37. The number of esters is 1. The van der Waals surface area contributed by atoms with E-state index in [1.807, 2.05) is 0 Å². The minimum Gasteiger partial charge on any atom is -0.457 e. The highest BCUT2D eigenvalue weighted by Crippen LogP contribution is 2.21. The van der Waals surface area contributed by atoms with Gasteiger partial charge in [-0.3, -0.25) is 4.79 Å². The van der Waals surface area contributed by atoms with E-state index in [1.165, 1.54) is 37.3 Å². The summed E-state index contributed by atoms with van der Waals surface area (Å²) in [7, 11) is -3.64. The molecule has 0 bridgehead atoms. The smallest absolute Gasteiger partial charge is 0.375 e. The number of carbonyl (C=O) groups excluding carboxylic acids is 2. The van der Waals surface area contributed by atoms with Gasteiger partial charge in [0, 0.05) is 11.6 Å². The third kappa shape index (κ3) is 5.93. The van der Waals surface area contributed by atoms with E-state index in [4.69, 9.17) is 9.15 Å². The van der Waals surface area contributed by atoms with Crippen LogP contribution in [0.3, 0.4) is 0 Å². The fraction of sp³-hybridized carbons (Fsp3) is 0.429. The van der Waals surface area contributed by atoms with Crippen molar-refractivity contribution in [2.75, 3.05) is 6.61 Å². The normalized spacial score (nSPS) is 15.4. The van der Waals surface area contributed by atoms with Crippen molar-refractivity contribution in [1.29, 1.82) is 0 Å². The molecule has 1 amide bonds. The van der Waals surface area contributed by atoms with Crippen molar-refractivity contribution >= 4 is 21.7 Å². The van der Waals surface area contributed by atoms with E-state index in [2.05, 4.69) is 5.32 Å². The van der Waals surface area contributed by atoms with Crippen LogP contribution in [0.5, 0.6) is 0 Å². The molecule has 156 valence electrons. The molecule has 0 saturated heterocycles. The number of amides is 1. The molecule has 1 heterocycles. The number of rotatable bonds is 7. The zero-order valence-electron chi connectivity index (χ0n) is 16.1. The number of ether oxygens (including phenoxy) is 1. The van der Waals surface area contributed by atoms with Crippen molar-refractivity contribution in [3.63, 3.8) is 0 Å². The molecule has 0 radical (unpaired) electrons.